The highest BCUT2D eigenvalue weighted by Gasteiger charge is 2.26. The van der Waals surface area contributed by atoms with Gasteiger partial charge in [-0.3, -0.25) is 4.79 Å². The Morgan fingerprint density at radius 1 is 1.32 bits per heavy atom. The minimum absolute atomic E-state index is 0.229. The number of amides is 1. The van der Waals surface area contributed by atoms with Crippen LogP contribution in [-0.4, -0.2) is 54.8 Å². The number of aryl methyl sites for hydroxylation is 1. The number of hydrogen-bond acceptors (Lipinski definition) is 5. The Bertz CT molecular complexity index is 712. The third kappa shape index (κ3) is 4.07. The number of primary amides is 1. The SMILES string of the molecule is CCn1c(Cn2ccnc2C)nnc1C1CCN(CCC(N)=O)CC1. The average Bonchev–Trinajstić information content (AvgIpc) is 3.20. The van der Waals surface area contributed by atoms with Gasteiger partial charge >= 0.3 is 0 Å². The van der Waals surface area contributed by atoms with E-state index in [-0.39, 0.29) is 5.91 Å². The first-order chi connectivity index (χ1) is 12.1. The van der Waals surface area contributed by atoms with E-state index < -0.39 is 0 Å². The van der Waals surface area contributed by atoms with Crippen LogP contribution in [-0.2, 0) is 17.9 Å². The summed E-state index contributed by atoms with van der Waals surface area (Å²) in [5.41, 5.74) is 5.24. The lowest BCUT2D eigenvalue weighted by atomic mass is 9.95. The predicted molar refractivity (Wildman–Crippen MR) is 94.0 cm³/mol. The number of nitrogens with two attached hydrogens (primary N) is 1. The Labute approximate surface area is 148 Å². The van der Waals surface area contributed by atoms with E-state index in [1.807, 2.05) is 19.3 Å². The fraction of sp³-hybridized carbons (Fsp3) is 0.647. The van der Waals surface area contributed by atoms with E-state index in [9.17, 15) is 4.79 Å². The first kappa shape index (κ1) is 17.6. The molecular formula is C17H27N7O. The van der Waals surface area contributed by atoms with Gasteiger partial charge in [0.1, 0.15) is 11.6 Å². The summed E-state index contributed by atoms with van der Waals surface area (Å²) in [4.78, 5) is 17.5. The van der Waals surface area contributed by atoms with Gasteiger partial charge in [-0.05, 0) is 39.8 Å². The molecule has 8 nitrogen and oxygen atoms in total. The van der Waals surface area contributed by atoms with Gasteiger partial charge in [-0.25, -0.2) is 4.98 Å². The lowest BCUT2D eigenvalue weighted by Crippen LogP contribution is -2.36. The molecule has 1 saturated heterocycles. The molecular weight excluding hydrogens is 318 g/mol. The van der Waals surface area contributed by atoms with Crippen molar-refractivity contribution < 1.29 is 4.79 Å². The fourth-order valence-electron chi connectivity index (χ4n) is 3.52. The molecule has 8 heteroatoms. The number of aromatic nitrogens is 5. The molecule has 2 aromatic rings. The number of carbonyl (C=O) groups is 1. The zero-order valence-electron chi connectivity index (χ0n) is 15.1. The van der Waals surface area contributed by atoms with Crippen LogP contribution in [0.5, 0.6) is 0 Å². The van der Waals surface area contributed by atoms with Crippen molar-refractivity contribution in [2.75, 3.05) is 19.6 Å². The Kier molecular flexibility index (Phi) is 5.47. The highest BCUT2D eigenvalue weighted by atomic mass is 16.1. The molecule has 0 spiro atoms. The monoisotopic (exact) mass is 345 g/mol. The van der Waals surface area contributed by atoms with Gasteiger partial charge < -0.3 is 19.8 Å². The molecule has 25 heavy (non-hydrogen) atoms. The van der Waals surface area contributed by atoms with Crippen LogP contribution in [0.3, 0.4) is 0 Å². The lowest BCUT2D eigenvalue weighted by molar-refractivity contribution is -0.118. The van der Waals surface area contributed by atoms with Gasteiger partial charge in [0, 0.05) is 37.8 Å². The molecule has 0 aliphatic carbocycles. The number of carbonyl (C=O) groups excluding carboxylic acids is 1. The van der Waals surface area contributed by atoms with Gasteiger partial charge in [-0.1, -0.05) is 0 Å². The fourth-order valence-corrected chi connectivity index (χ4v) is 3.52. The summed E-state index contributed by atoms with van der Waals surface area (Å²) in [7, 11) is 0. The molecule has 3 heterocycles. The van der Waals surface area contributed by atoms with Crippen molar-refractivity contribution in [1.29, 1.82) is 0 Å². The van der Waals surface area contributed by atoms with Gasteiger partial charge in [0.2, 0.25) is 5.91 Å². The number of hydrogen-bond donors (Lipinski definition) is 1. The predicted octanol–water partition coefficient (Wildman–Crippen LogP) is 0.906. The second-order valence-electron chi connectivity index (χ2n) is 6.65. The smallest absolute Gasteiger partial charge is 0.218 e. The summed E-state index contributed by atoms with van der Waals surface area (Å²) >= 11 is 0. The molecule has 2 aromatic heterocycles. The average molecular weight is 345 g/mol. The normalized spacial score (nSPS) is 16.4. The molecule has 1 fully saturated rings. The molecule has 1 amide bonds. The first-order valence-corrected chi connectivity index (χ1v) is 8.98. The third-order valence-corrected chi connectivity index (χ3v) is 5.03. The van der Waals surface area contributed by atoms with Gasteiger partial charge in [0.15, 0.2) is 5.82 Å². The quantitative estimate of drug-likeness (QED) is 0.805. The van der Waals surface area contributed by atoms with Gasteiger partial charge in [-0.2, -0.15) is 0 Å². The molecule has 0 unspecified atom stereocenters. The molecule has 0 atom stereocenters. The number of nitrogens with zero attached hydrogens (tertiary/aromatic N) is 6. The molecule has 0 saturated carbocycles. The minimum Gasteiger partial charge on any atom is -0.370 e. The Balaban J connectivity index is 1.65. The van der Waals surface area contributed by atoms with Gasteiger partial charge in [0.25, 0.3) is 0 Å². The van der Waals surface area contributed by atoms with Crippen molar-refractivity contribution in [1.82, 2.24) is 29.2 Å². The highest BCUT2D eigenvalue weighted by Crippen LogP contribution is 2.27. The number of piperidine rings is 1. The maximum atomic E-state index is 10.9. The van der Waals surface area contributed by atoms with Crippen LogP contribution in [0.15, 0.2) is 12.4 Å². The number of imidazole rings is 1. The Hall–Kier alpha value is -2.22. The minimum atomic E-state index is -0.229. The summed E-state index contributed by atoms with van der Waals surface area (Å²) in [5.74, 6) is 3.25. The summed E-state index contributed by atoms with van der Waals surface area (Å²) in [6, 6.07) is 0. The van der Waals surface area contributed by atoms with Crippen molar-refractivity contribution >= 4 is 5.91 Å². The van der Waals surface area contributed by atoms with Crippen LogP contribution in [0.2, 0.25) is 0 Å². The summed E-state index contributed by atoms with van der Waals surface area (Å²) in [6.45, 7) is 8.41. The van der Waals surface area contributed by atoms with E-state index >= 15 is 0 Å². The second-order valence-corrected chi connectivity index (χ2v) is 6.65. The summed E-state index contributed by atoms with van der Waals surface area (Å²) < 4.78 is 4.33. The van der Waals surface area contributed by atoms with Gasteiger partial charge in [0.05, 0.1) is 6.54 Å². The van der Waals surface area contributed by atoms with Crippen LogP contribution in [0.25, 0.3) is 0 Å². The molecule has 3 rings (SSSR count). The van der Waals surface area contributed by atoms with Crippen molar-refractivity contribution in [3.63, 3.8) is 0 Å². The molecule has 0 radical (unpaired) electrons. The van der Waals surface area contributed by atoms with Crippen LogP contribution in [0.4, 0.5) is 0 Å². The molecule has 0 bridgehead atoms. The van der Waals surface area contributed by atoms with Gasteiger partial charge in [-0.15, -0.1) is 10.2 Å². The number of rotatable bonds is 7. The van der Waals surface area contributed by atoms with E-state index in [1.165, 1.54) is 0 Å². The van der Waals surface area contributed by atoms with E-state index in [2.05, 4.69) is 36.1 Å². The molecule has 2 N–H and O–H groups in total. The summed E-state index contributed by atoms with van der Waals surface area (Å²) in [5, 5.41) is 8.95. The maximum absolute atomic E-state index is 10.9. The van der Waals surface area contributed by atoms with Crippen molar-refractivity contribution in [2.45, 2.75) is 52.1 Å². The van der Waals surface area contributed by atoms with Crippen molar-refractivity contribution in [3.8, 4) is 0 Å². The highest BCUT2D eigenvalue weighted by molar-refractivity contribution is 5.73. The number of likely N-dealkylation sites (tertiary alicyclic amines) is 1. The third-order valence-electron chi connectivity index (χ3n) is 5.03. The zero-order chi connectivity index (χ0) is 17.8. The first-order valence-electron chi connectivity index (χ1n) is 8.98. The van der Waals surface area contributed by atoms with Crippen LogP contribution in [0, 0.1) is 6.92 Å². The molecule has 136 valence electrons. The van der Waals surface area contributed by atoms with E-state index in [4.69, 9.17) is 5.73 Å². The lowest BCUT2D eigenvalue weighted by Gasteiger charge is -2.31. The Morgan fingerprint density at radius 3 is 2.68 bits per heavy atom. The van der Waals surface area contributed by atoms with Crippen molar-refractivity contribution in [2.24, 2.45) is 5.73 Å². The molecule has 0 aromatic carbocycles. The molecule has 1 aliphatic heterocycles. The second kappa shape index (κ2) is 7.77. The van der Waals surface area contributed by atoms with E-state index in [0.29, 0.717) is 18.9 Å². The standard InChI is InChI=1S/C17H27N7O/c1-3-24-16(12-23-11-7-19-13(23)2)20-21-17(24)14-4-8-22(9-5-14)10-6-15(18)25/h7,11,14H,3-6,8-10,12H2,1-2H3,(H2,18,25). The maximum Gasteiger partial charge on any atom is 0.218 e. The van der Waals surface area contributed by atoms with E-state index in [1.54, 1.807) is 0 Å². The zero-order valence-corrected chi connectivity index (χ0v) is 15.1. The Morgan fingerprint density at radius 2 is 2.08 bits per heavy atom. The topological polar surface area (TPSA) is 94.9 Å². The van der Waals surface area contributed by atoms with Crippen molar-refractivity contribution in [3.05, 3.63) is 29.9 Å². The largest absolute Gasteiger partial charge is 0.370 e. The molecule has 1 aliphatic rings. The van der Waals surface area contributed by atoms with Crippen LogP contribution >= 0.6 is 0 Å². The summed E-state index contributed by atoms with van der Waals surface area (Å²) in [6.07, 6.45) is 6.30. The van der Waals surface area contributed by atoms with Crippen LogP contribution < -0.4 is 5.73 Å². The van der Waals surface area contributed by atoms with Crippen LogP contribution in [0.1, 0.15) is 49.6 Å². The van der Waals surface area contributed by atoms with E-state index in [0.717, 1.165) is 56.5 Å².